The number of benzene rings is 1. The summed E-state index contributed by atoms with van der Waals surface area (Å²) in [4.78, 5) is 10.9. The van der Waals surface area contributed by atoms with Gasteiger partial charge in [0.15, 0.2) is 0 Å². The zero-order valence-corrected chi connectivity index (χ0v) is 12.2. The smallest absolute Gasteiger partial charge is 0.315 e. The van der Waals surface area contributed by atoms with Gasteiger partial charge in [-0.05, 0) is 31.5 Å². The minimum atomic E-state index is -0.363. The van der Waals surface area contributed by atoms with E-state index < -0.39 is 0 Å². The van der Waals surface area contributed by atoms with Crippen LogP contribution in [0.2, 0.25) is 0 Å². The number of anilines is 2. The summed E-state index contributed by atoms with van der Waals surface area (Å²) in [5.41, 5.74) is 2.22. The van der Waals surface area contributed by atoms with E-state index in [9.17, 15) is 10.1 Å². The van der Waals surface area contributed by atoms with Gasteiger partial charge < -0.3 is 10.6 Å². The van der Waals surface area contributed by atoms with Crippen LogP contribution in [0.5, 0.6) is 0 Å². The monoisotopic (exact) mass is 289 g/mol. The number of nitro groups is 1. The summed E-state index contributed by atoms with van der Waals surface area (Å²) in [6.07, 6.45) is 3.72. The van der Waals surface area contributed by atoms with Crippen molar-refractivity contribution in [1.82, 2.24) is 9.78 Å². The maximum atomic E-state index is 11.3. The summed E-state index contributed by atoms with van der Waals surface area (Å²) in [7, 11) is 0. The number of nitrogens with zero attached hydrogens (tertiary/aromatic N) is 3. The molecule has 0 aliphatic rings. The Morgan fingerprint density at radius 3 is 2.62 bits per heavy atom. The summed E-state index contributed by atoms with van der Waals surface area (Å²) in [5.74, 6) is 0. The highest BCUT2D eigenvalue weighted by atomic mass is 16.6. The Bertz CT molecular complexity index is 624. The van der Waals surface area contributed by atoms with Crippen molar-refractivity contribution in [1.29, 1.82) is 0 Å². The van der Waals surface area contributed by atoms with Gasteiger partial charge in [-0.3, -0.25) is 14.8 Å². The number of nitrogens with one attached hydrogen (secondary N) is 2. The molecule has 2 N–H and O–H groups in total. The molecule has 7 nitrogen and oxygen atoms in total. The minimum absolute atomic E-state index is 0.0796. The van der Waals surface area contributed by atoms with E-state index >= 15 is 0 Å². The fraction of sp³-hybridized carbons (Fsp3) is 0.357. The largest absolute Gasteiger partial charge is 0.380 e. The first-order chi connectivity index (χ1) is 10.1. The number of rotatable bonds is 7. The van der Waals surface area contributed by atoms with Gasteiger partial charge in [0.05, 0.1) is 17.7 Å². The molecule has 2 rings (SSSR count). The van der Waals surface area contributed by atoms with Crippen LogP contribution < -0.4 is 10.6 Å². The summed E-state index contributed by atoms with van der Waals surface area (Å²) in [5, 5.41) is 21.6. The van der Waals surface area contributed by atoms with Crippen LogP contribution in [0.25, 0.3) is 0 Å². The molecule has 1 aromatic heterocycles. The molecule has 0 saturated heterocycles. The number of aryl methyl sites for hydroxylation is 1. The van der Waals surface area contributed by atoms with E-state index in [2.05, 4.69) is 15.7 Å². The van der Waals surface area contributed by atoms with Crippen LogP contribution in [0, 0.1) is 17.0 Å². The van der Waals surface area contributed by atoms with Crippen molar-refractivity contribution in [3.8, 4) is 0 Å². The van der Waals surface area contributed by atoms with Gasteiger partial charge in [0, 0.05) is 19.3 Å². The second kappa shape index (κ2) is 6.74. The third-order valence-corrected chi connectivity index (χ3v) is 3.00. The zero-order chi connectivity index (χ0) is 15.2. The fourth-order valence-corrected chi connectivity index (χ4v) is 2.11. The molecule has 112 valence electrons. The Morgan fingerprint density at radius 1 is 1.33 bits per heavy atom. The van der Waals surface area contributed by atoms with Gasteiger partial charge in [0.25, 0.3) is 0 Å². The number of nitro benzene ring substituents is 1. The number of hydrogen-bond donors (Lipinski definition) is 2. The second-order valence-electron chi connectivity index (χ2n) is 4.70. The lowest BCUT2D eigenvalue weighted by Gasteiger charge is -2.10. The van der Waals surface area contributed by atoms with Crippen molar-refractivity contribution < 1.29 is 4.92 Å². The minimum Gasteiger partial charge on any atom is -0.380 e. The van der Waals surface area contributed by atoms with E-state index in [4.69, 9.17) is 0 Å². The third kappa shape index (κ3) is 3.71. The molecular formula is C14H19N5O2. The first-order valence-electron chi connectivity index (χ1n) is 6.86. The van der Waals surface area contributed by atoms with Crippen molar-refractivity contribution in [3.05, 3.63) is 46.3 Å². The fourth-order valence-electron chi connectivity index (χ4n) is 2.11. The molecule has 0 aliphatic carbocycles. The Kier molecular flexibility index (Phi) is 4.76. The van der Waals surface area contributed by atoms with Crippen molar-refractivity contribution in [2.45, 2.75) is 20.4 Å². The number of hydrogen-bond acceptors (Lipinski definition) is 5. The highest BCUT2D eigenvalue weighted by Gasteiger charge is 2.18. The molecule has 7 heteroatoms. The van der Waals surface area contributed by atoms with Crippen LogP contribution in [0.4, 0.5) is 17.1 Å². The first-order valence-corrected chi connectivity index (χ1v) is 6.86. The van der Waals surface area contributed by atoms with Crippen LogP contribution in [0.15, 0.2) is 30.6 Å². The molecule has 1 aromatic carbocycles. The predicted octanol–water partition coefficient (Wildman–Crippen LogP) is 2.64. The van der Waals surface area contributed by atoms with Crippen molar-refractivity contribution in [2.24, 2.45) is 0 Å². The molecule has 2 aromatic rings. The maximum absolute atomic E-state index is 11.3. The quantitative estimate of drug-likeness (QED) is 0.604. The molecule has 0 unspecified atom stereocenters. The molecule has 21 heavy (non-hydrogen) atoms. The lowest BCUT2D eigenvalue weighted by molar-refractivity contribution is -0.383. The van der Waals surface area contributed by atoms with E-state index in [1.807, 2.05) is 24.7 Å². The SMILES string of the molecule is CCNc1cccc(NCCn2cc(C)cn2)c1[N+](=O)[O-]. The van der Waals surface area contributed by atoms with Crippen LogP contribution in [-0.4, -0.2) is 27.8 Å². The van der Waals surface area contributed by atoms with Crippen LogP contribution >= 0.6 is 0 Å². The standard InChI is InChI=1S/C14H19N5O2/c1-3-15-12-5-4-6-13(14(12)19(20)21)16-7-8-18-10-11(2)9-17-18/h4-6,9-10,15-16H,3,7-8H2,1-2H3. The van der Waals surface area contributed by atoms with Gasteiger partial charge in [-0.2, -0.15) is 5.10 Å². The van der Waals surface area contributed by atoms with Crippen LogP contribution in [-0.2, 0) is 6.54 Å². The van der Waals surface area contributed by atoms with E-state index in [0.717, 1.165) is 5.56 Å². The molecule has 0 amide bonds. The average Bonchev–Trinajstić information content (AvgIpc) is 2.85. The molecule has 0 fully saturated rings. The van der Waals surface area contributed by atoms with Crippen molar-refractivity contribution in [3.63, 3.8) is 0 Å². The molecule has 0 saturated carbocycles. The van der Waals surface area contributed by atoms with E-state index in [1.165, 1.54) is 0 Å². The lowest BCUT2D eigenvalue weighted by Crippen LogP contribution is -2.12. The Morgan fingerprint density at radius 2 is 2.05 bits per heavy atom. The molecule has 0 atom stereocenters. The van der Waals surface area contributed by atoms with E-state index in [1.54, 1.807) is 24.4 Å². The summed E-state index contributed by atoms with van der Waals surface area (Å²) < 4.78 is 1.81. The van der Waals surface area contributed by atoms with Crippen molar-refractivity contribution in [2.75, 3.05) is 23.7 Å². The van der Waals surface area contributed by atoms with Crippen molar-refractivity contribution >= 4 is 17.1 Å². The van der Waals surface area contributed by atoms with Crippen LogP contribution in [0.3, 0.4) is 0 Å². The lowest BCUT2D eigenvalue weighted by atomic mass is 10.2. The Labute approximate surface area is 123 Å². The van der Waals surface area contributed by atoms with E-state index in [-0.39, 0.29) is 10.6 Å². The van der Waals surface area contributed by atoms with Gasteiger partial charge in [-0.1, -0.05) is 6.07 Å². The molecule has 0 bridgehead atoms. The van der Waals surface area contributed by atoms with Gasteiger partial charge in [-0.25, -0.2) is 0 Å². The number of para-hydroxylation sites is 1. The molecular weight excluding hydrogens is 270 g/mol. The average molecular weight is 289 g/mol. The summed E-state index contributed by atoms with van der Waals surface area (Å²) in [6.45, 7) is 5.73. The third-order valence-electron chi connectivity index (χ3n) is 3.00. The van der Waals surface area contributed by atoms with Crippen LogP contribution in [0.1, 0.15) is 12.5 Å². The summed E-state index contributed by atoms with van der Waals surface area (Å²) >= 11 is 0. The zero-order valence-electron chi connectivity index (χ0n) is 12.2. The molecule has 0 spiro atoms. The molecule has 0 radical (unpaired) electrons. The van der Waals surface area contributed by atoms with Gasteiger partial charge in [0.1, 0.15) is 11.4 Å². The predicted molar refractivity (Wildman–Crippen MR) is 82.7 cm³/mol. The number of aromatic nitrogens is 2. The Balaban J connectivity index is 2.08. The van der Waals surface area contributed by atoms with Gasteiger partial charge in [0.2, 0.25) is 0 Å². The van der Waals surface area contributed by atoms with E-state index in [0.29, 0.717) is 31.0 Å². The highest BCUT2D eigenvalue weighted by molar-refractivity contribution is 5.76. The maximum Gasteiger partial charge on any atom is 0.315 e. The molecule has 0 aliphatic heterocycles. The van der Waals surface area contributed by atoms with Gasteiger partial charge in [-0.15, -0.1) is 0 Å². The first kappa shape index (κ1) is 14.8. The topological polar surface area (TPSA) is 85.0 Å². The molecule has 1 heterocycles. The Hall–Kier alpha value is -2.57. The summed E-state index contributed by atoms with van der Waals surface area (Å²) in [6, 6.07) is 5.22. The normalized spacial score (nSPS) is 10.4. The van der Waals surface area contributed by atoms with Gasteiger partial charge >= 0.3 is 5.69 Å². The second-order valence-corrected chi connectivity index (χ2v) is 4.70. The highest BCUT2D eigenvalue weighted by Crippen LogP contribution is 2.32.